The number of benzene rings is 1. The van der Waals surface area contributed by atoms with Gasteiger partial charge < -0.3 is 10.6 Å². The third-order valence-electron chi connectivity index (χ3n) is 4.36. The molecule has 1 aliphatic rings. The number of anilines is 2. The van der Waals surface area contributed by atoms with Crippen molar-refractivity contribution in [3.8, 4) is 0 Å². The van der Waals surface area contributed by atoms with Gasteiger partial charge in [0.15, 0.2) is 0 Å². The van der Waals surface area contributed by atoms with Crippen molar-refractivity contribution in [1.29, 1.82) is 0 Å². The highest BCUT2D eigenvalue weighted by Gasteiger charge is 2.34. The molecule has 0 spiro atoms. The van der Waals surface area contributed by atoms with E-state index in [0.29, 0.717) is 28.5 Å². The van der Waals surface area contributed by atoms with E-state index in [0.717, 1.165) is 0 Å². The van der Waals surface area contributed by atoms with Crippen molar-refractivity contribution in [1.82, 2.24) is 19.7 Å². The van der Waals surface area contributed by atoms with E-state index in [2.05, 4.69) is 25.7 Å². The van der Waals surface area contributed by atoms with Gasteiger partial charge in [-0.1, -0.05) is 12.1 Å². The summed E-state index contributed by atoms with van der Waals surface area (Å²) < 4.78 is 1.53. The number of nitrogens with zero attached hydrogens (tertiary/aromatic N) is 5. The summed E-state index contributed by atoms with van der Waals surface area (Å²) >= 11 is 0. The van der Waals surface area contributed by atoms with Gasteiger partial charge in [0.1, 0.15) is 12.4 Å². The maximum atomic E-state index is 13.1. The minimum atomic E-state index is -0.671. The maximum absolute atomic E-state index is 13.1. The second-order valence-electron chi connectivity index (χ2n) is 6.14. The lowest BCUT2D eigenvalue weighted by Gasteiger charge is -2.28. The van der Waals surface area contributed by atoms with Gasteiger partial charge in [0.25, 0.3) is 11.6 Å². The summed E-state index contributed by atoms with van der Waals surface area (Å²) in [6.45, 7) is 1.75. The SMILES string of the molecule is CC1=C(C(=O)Nc2cccnc2)C(c2cccc([N+](=O)[O-])c2)n2ncnc2N1. The Hall–Kier alpha value is -4.08. The molecule has 1 amide bonds. The lowest BCUT2D eigenvalue weighted by molar-refractivity contribution is -0.384. The molecule has 28 heavy (non-hydrogen) atoms. The van der Waals surface area contributed by atoms with Crippen LogP contribution in [0.1, 0.15) is 18.5 Å². The number of allylic oxidation sites excluding steroid dienone is 1. The molecule has 0 radical (unpaired) electrons. The van der Waals surface area contributed by atoms with E-state index in [1.165, 1.54) is 29.3 Å². The second kappa shape index (κ2) is 6.91. The molecule has 10 heteroatoms. The van der Waals surface area contributed by atoms with Gasteiger partial charge in [0, 0.05) is 24.0 Å². The highest BCUT2D eigenvalue weighted by atomic mass is 16.6. The van der Waals surface area contributed by atoms with E-state index in [4.69, 9.17) is 0 Å². The maximum Gasteiger partial charge on any atom is 0.269 e. The van der Waals surface area contributed by atoms with Crippen molar-refractivity contribution in [2.75, 3.05) is 10.6 Å². The van der Waals surface area contributed by atoms with Gasteiger partial charge in [-0.15, -0.1) is 0 Å². The van der Waals surface area contributed by atoms with Crippen molar-refractivity contribution >= 4 is 23.2 Å². The number of aromatic nitrogens is 4. The van der Waals surface area contributed by atoms with Crippen molar-refractivity contribution in [3.63, 3.8) is 0 Å². The summed E-state index contributed by atoms with van der Waals surface area (Å²) in [5, 5.41) is 21.3. The summed E-state index contributed by atoms with van der Waals surface area (Å²) in [7, 11) is 0. The standard InChI is InChI=1S/C18H15N7O3/c1-11-15(17(26)23-13-5-3-7-19-9-13)16(24-18(22-11)20-10-21-24)12-4-2-6-14(8-12)25(27)28/h2-10,16H,1H3,(H,23,26)(H,20,21,22). The first kappa shape index (κ1) is 17.3. The van der Waals surface area contributed by atoms with Crippen LogP contribution in [0.15, 0.2) is 66.4 Å². The third-order valence-corrected chi connectivity index (χ3v) is 4.36. The molecule has 0 saturated heterocycles. The molecule has 140 valence electrons. The van der Waals surface area contributed by atoms with E-state index in [1.807, 2.05) is 0 Å². The van der Waals surface area contributed by atoms with Crippen molar-refractivity contribution in [2.24, 2.45) is 0 Å². The lowest BCUT2D eigenvalue weighted by Crippen LogP contribution is -2.31. The number of rotatable bonds is 4. The predicted molar refractivity (Wildman–Crippen MR) is 100 cm³/mol. The Bertz CT molecular complexity index is 1090. The zero-order valence-electron chi connectivity index (χ0n) is 14.7. The monoisotopic (exact) mass is 377 g/mol. The van der Waals surface area contributed by atoms with Gasteiger partial charge in [0.2, 0.25) is 5.95 Å². The number of pyridine rings is 1. The van der Waals surface area contributed by atoms with Crippen LogP contribution in [-0.2, 0) is 4.79 Å². The number of nitro benzene ring substituents is 1. The van der Waals surface area contributed by atoms with Crippen LogP contribution >= 0.6 is 0 Å². The highest BCUT2D eigenvalue weighted by molar-refractivity contribution is 6.05. The van der Waals surface area contributed by atoms with Crippen LogP contribution in [0.5, 0.6) is 0 Å². The molecule has 0 fully saturated rings. The number of carbonyl (C=O) groups excluding carboxylic acids is 1. The Morgan fingerprint density at radius 1 is 1.32 bits per heavy atom. The molecule has 1 unspecified atom stereocenters. The average Bonchev–Trinajstić information content (AvgIpc) is 3.15. The van der Waals surface area contributed by atoms with Gasteiger partial charge in [0.05, 0.1) is 22.4 Å². The zero-order chi connectivity index (χ0) is 19.7. The fourth-order valence-corrected chi connectivity index (χ4v) is 3.14. The van der Waals surface area contributed by atoms with E-state index in [1.54, 1.807) is 37.4 Å². The quantitative estimate of drug-likeness (QED) is 0.528. The van der Waals surface area contributed by atoms with Crippen LogP contribution in [-0.4, -0.2) is 30.6 Å². The number of carbonyl (C=O) groups is 1. The molecule has 0 saturated carbocycles. The second-order valence-corrected chi connectivity index (χ2v) is 6.14. The Morgan fingerprint density at radius 3 is 2.93 bits per heavy atom. The molecule has 1 aromatic carbocycles. The molecule has 4 rings (SSSR count). The normalized spacial score (nSPS) is 15.5. The Kier molecular flexibility index (Phi) is 4.28. The molecule has 1 aliphatic heterocycles. The van der Waals surface area contributed by atoms with Gasteiger partial charge in [-0.2, -0.15) is 10.1 Å². The fraction of sp³-hybridized carbons (Fsp3) is 0.111. The van der Waals surface area contributed by atoms with Crippen LogP contribution in [0.2, 0.25) is 0 Å². The highest BCUT2D eigenvalue weighted by Crippen LogP contribution is 2.36. The number of hydrogen-bond acceptors (Lipinski definition) is 7. The van der Waals surface area contributed by atoms with Gasteiger partial charge >= 0.3 is 0 Å². The van der Waals surface area contributed by atoms with Crippen LogP contribution in [0.25, 0.3) is 0 Å². The average molecular weight is 377 g/mol. The largest absolute Gasteiger partial charge is 0.328 e. The first-order valence-corrected chi connectivity index (χ1v) is 8.37. The Labute approximate surface area is 159 Å². The number of nitrogens with one attached hydrogen (secondary N) is 2. The molecule has 1 atom stereocenters. The van der Waals surface area contributed by atoms with E-state index >= 15 is 0 Å². The van der Waals surface area contributed by atoms with Crippen LogP contribution in [0.4, 0.5) is 17.3 Å². The minimum absolute atomic E-state index is 0.0673. The smallest absolute Gasteiger partial charge is 0.269 e. The summed E-state index contributed by atoms with van der Waals surface area (Å²) in [6.07, 6.45) is 4.51. The summed E-state index contributed by atoms with van der Waals surface area (Å²) in [6, 6.07) is 8.90. The van der Waals surface area contributed by atoms with Crippen LogP contribution in [0.3, 0.4) is 0 Å². The molecule has 10 nitrogen and oxygen atoms in total. The van der Waals surface area contributed by atoms with Crippen molar-refractivity contribution in [2.45, 2.75) is 13.0 Å². The number of amides is 1. The molecule has 2 aromatic heterocycles. The van der Waals surface area contributed by atoms with Gasteiger partial charge in [-0.25, -0.2) is 4.68 Å². The first-order chi connectivity index (χ1) is 13.5. The van der Waals surface area contributed by atoms with Crippen LogP contribution in [0, 0.1) is 10.1 Å². The van der Waals surface area contributed by atoms with E-state index < -0.39 is 11.0 Å². The van der Waals surface area contributed by atoms with Crippen molar-refractivity contribution < 1.29 is 9.72 Å². The minimum Gasteiger partial charge on any atom is -0.328 e. The zero-order valence-corrected chi connectivity index (χ0v) is 14.7. The first-order valence-electron chi connectivity index (χ1n) is 8.37. The fourth-order valence-electron chi connectivity index (χ4n) is 3.14. The van der Waals surface area contributed by atoms with E-state index in [9.17, 15) is 14.9 Å². The van der Waals surface area contributed by atoms with E-state index in [-0.39, 0.29) is 11.6 Å². The summed E-state index contributed by atoms with van der Waals surface area (Å²) in [5.74, 6) is 0.0857. The number of fused-ring (bicyclic) bond motifs is 1. The summed E-state index contributed by atoms with van der Waals surface area (Å²) in [4.78, 5) is 32.0. The van der Waals surface area contributed by atoms with Gasteiger partial charge in [-0.3, -0.25) is 19.9 Å². The molecule has 3 aromatic rings. The number of hydrogen-bond donors (Lipinski definition) is 2. The molecule has 0 bridgehead atoms. The van der Waals surface area contributed by atoms with Gasteiger partial charge in [-0.05, 0) is 24.6 Å². The Balaban J connectivity index is 1.80. The summed E-state index contributed by atoms with van der Waals surface area (Å²) in [5.41, 5.74) is 1.98. The predicted octanol–water partition coefficient (Wildman–Crippen LogP) is 2.51. The van der Waals surface area contributed by atoms with Crippen LogP contribution < -0.4 is 10.6 Å². The molecule has 3 heterocycles. The molecule has 2 N–H and O–H groups in total. The lowest BCUT2D eigenvalue weighted by atomic mass is 9.94. The number of nitro groups is 1. The molecular formula is C18H15N7O3. The topological polar surface area (TPSA) is 128 Å². The third kappa shape index (κ3) is 3.07. The van der Waals surface area contributed by atoms with Crippen molar-refractivity contribution in [3.05, 3.63) is 82.1 Å². The molecular weight excluding hydrogens is 362 g/mol. The molecule has 0 aliphatic carbocycles. The number of non-ortho nitro benzene ring substituents is 1. The Morgan fingerprint density at radius 2 is 2.18 bits per heavy atom.